The molecule has 0 atom stereocenters. The summed E-state index contributed by atoms with van der Waals surface area (Å²) in [5.74, 6) is -0.352. The molecule has 0 spiro atoms. The third-order valence-electron chi connectivity index (χ3n) is 5.28. The van der Waals surface area contributed by atoms with Crippen LogP contribution in [0, 0.1) is 0 Å². The van der Waals surface area contributed by atoms with E-state index in [1.54, 1.807) is 48.5 Å². The van der Waals surface area contributed by atoms with Crippen LogP contribution in [0.25, 0.3) is 0 Å². The normalized spacial score (nSPS) is 14.7. The topological polar surface area (TPSA) is 79.0 Å². The van der Waals surface area contributed by atoms with E-state index in [1.165, 1.54) is 40.1 Å². The molecule has 184 valence electrons. The summed E-state index contributed by atoms with van der Waals surface area (Å²) in [4.78, 5) is 16.3. The molecule has 0 aromatic heterocycles. The van der Waals surface area contributed by atoms with Crippen LogP contribution in [0.1, 0.15) is 12.0 Å². The van der Waals surface area contributed by atoms with Gasteiger partial charge < -0.3 is 9.64 Å². The number of nitrogens with one attached hydrogen (secondary N) is 1. The molecule has 0 unspecified atom stereocenters. The Bertz CT molecular complexity index is 1300. The zero-order valence-corrected chi connectivity index (χ0v) is 19.2. The summed E-state index contributed by atoms with van der Waals surface area (Å²) in [6.07, 6.45) is -4.17. The molecule has 2 amide bonds. The number of sulfonamides is 1. The zero-order chi connectivity index (χ0) is 25.1. The van der Waals surface area contributed by atoms with E-state index < -0.39 is 16.4 Å². The first-order valence-electron chi connectivity index (χ1n) is 10.7. The van der Waals surface area contributed by atoms with Gasteiger partial charge in [0, 0.05) is 25.3 Å². The highest BCUT2D eigenvalue weighted by Crippen LogP contribution is 2.27. The predicted molar refractivity (Wildman–Crippen MR) is 125 cm³/mol. The number of amides is 2. The van der Waals surface area contributed by atoms with Gasteiger partial charge in [0.2, 0.25) is 0 Å². The number of hydrogen-bond donors (Lipinski definition) is 1. The van der Waals surface area contributed by atoms with Crippen LogP contribution in [-0.4, -0.2) is 38.8 Å². The summed E-state index contributed by atoms with van der Waals surface area (Å²) in [5.41, 5.74) is 1.29. The maximum atomic E-state index is 13.2. The Balaban J connectivity index is 1.49. The molecular formula is C24H22F3N3O4S. The van der Waals surface area contributed by atoms with Crippen molar-refractivity contribution in [2.45, 2.75) is 24.2 Å². The van der Waals surface area contributed by atoms with Crippen molar-refractivity contribution in [1.29, 1.82) is 0 Å². The summed E-state index contributed by atoms with van der Waals surface area (Å²) in [5, 5.41) is 0. The Morgan fingerprint density at radius 3 is 2.40 bits per heavy atom. The van der Waals surface area contributed by atoms with Crippen LogP contribution in [0.5, 0.6) is 5.75 Å². The molecule has 1 heterocycles. The van der Waals surface area contributed by atoms with Crippen molar-refractivity contribution in [3.8, 4) is 5.75 Å². The van der Waals surface area contributed by atoms with Crippen molar-refractivity contribution in [3.63, 3.8) is 0 Å². The van der Waals surface area contributed by atoms with Gasteiger partial charge in [-0.3, -0.25) is 9.62 Å². The van der Waals surface area contributed by atoms with E-state index >= 15 is 0 Å². The molecule has 11 heteroatoms. The highest BCUT2D eigenvalue weighted by atomic mass is 32.2. The number of urea groups is 1. The minimum Gasteiger partial charge on any atom is -0.406 e. The van der Waals surface area contributed by atoms with Gasteiger partial charge >= 0.3 is 12.4 Å². The van der Waals surface area contributed by atoms with E-state index in [4.69, 9.17) is 0 Å². The summed E-state index contributed by atoms with van der Waals surface area (Å²) < 4.78 is 69.4. The zero-order valence-electron chi connectivity index (χ0n) is 18.4. The lowest BCUT2D eigenvalue weighted by Gasteiger charge is -2.36. The van der Waals surface area contributed by atoms with Crippen LogP contribution < -0.4 is 14.4 Å². The SMILES string of the molecule is O=C1N(Cc2cccc(OC(F)(F)F)c2)CCCN1c1cccc(NS(=O)(=O)c2ccccc2)c1. The van der Waals surface area contributed by atoms with Gasteiger partial charge in [0.05, 0.1) is 10.6 Å². The van der Waals surface area contributed by atoms with E-state index in [0.717, 1.165) is 0 Å². The second-order valence-electron chi connectivity index (χ2n) is 7.87. The molecular weight excluding hydrogens is 483 g/mol. The van der Waals surface area contributed by atoms with Crippen molar-refractivity contribution >= 4 is 27.4 Å². The number of rotatable bonds is 7. The molecule has 1 saturated heterocycles. The van der Waals surface area contributed by atoms with Gasteiger partial charge in [-0.15, -0.1) is 13.2 Å². The average Bonchev–Trinajstić information content (AvgIpc) is 2.80. The van der Waals surface area contributed by atoms with Gasteiger partial charge in [-0.05, 0) is 54.4 Å². The van der Waals surface area contributed by atoms with E-state index in [0.29, 0.717) is 36.4 Å². The number of hydrogen-bond acceptors (Lipinski definition) is 4. The van der Waals surface area contributed by atoms with Gasteiger partial charge in [0.1, 0.15) is 5.75 Å². The van der Waals surface area contributed by atoms with Gasteiger partial charge in [-0.25, -0.2) is 13.2 Å². The van der Waals surface area contributed by atoms with Crippen molar-refractivity contribution in [2.24, 2.45) is 0 Å². The van der Waals surface area contributed by atoms with Gasteiger partial charge in [0.25, 0.3) is 10.0 Å². The molecule has 35 heavy (non-hydrogen) atoms. The average molecular weight is 506 g/mol. The minimum absolute atomic E-state index is 0.102. The lowest BCUT2D eigenvalue weighted by molar-refractivity contribution is -0.274. The number of benzene rings is 3. The largest absolute Gasteiger partial charge is 0.573 e. The quantitative estimate of drug-likeness (QED) is 0.478. The molecule has 3 aromatic carbocycles. The standard InChI is InChI=1S/C24H22F3N3O4S/c25-24(26,27)34-21-10-4-7-18(15-21)17-29-13-6-14-30(23(29)31)20-9-5-8-19(16-20)28-35(32,33)22-11-2-1-3-12-22/h1-5,7-12,15-16,28H,6,13-14,17H2. The Hall–Kier alpha value is -3.73. The first-order chi connectivity index (χ1) is 16.6. The number of anilines is 2. The third-order valence-corrected chi connectivity index (χ3v) is 6.68. The maximum absolute atomic E-state index is 13.2. The summed E-state index contributed by atoms with van der Waals surface area (Å²) in [7, 11) is -3.80. The monoisotopic (exact) mass is 505 g/mol. The molecule has 4 rings (SSSR count). The molecule has 1 aliphatic rings. The Kier molecular flexibility index (Phi) is 6.88. The minimum atomic E-state index is -4.80. The Morgan fingerprint density at radius 2 is 1.66 bits per heavy atom. The number of alkyl halides is 3. The molecule has 0 bridgehead atoms. The number of halogens is 3. The second-order valence-corrected chi connectivity index (χ2v) is 9.56. The molecule has 7 nitrogen and oxygen atoms in total. The fourth-order valence-electron chi connectivity index (χ4n) is 3.78. The first kappa shape index (κ1) is 24.4. The van der Waals surface area contributed by atoms with Crippen molar-refractivity contribution in [1.82, 2.24) is 4.90 Å². The molecule has 1 aliphatic heterocycles. The summed E-state index contributed by atoms with van der Waals surface area (Å²) >= 11 is 0. The van der Waals surface area contributed by atoms with Crippen LogP contribution >= 0.6 is 0 Å². The highest BCUT2D eigenvalue weighted by molar-refractivity contribution is 7.92. The molecule has 1 N–H and O–H groups in total. The van der Waals surface area contributed by atoms with Gasteiger partial charge in [-0.2, -0.15) is 0 Å². The number of ether oxygens (including phenoxy) is 1. The molecule has 0 saturated carbocycles. The van der Waals surface area contributed by atoms with Crippen LogP contribution in [0.4, 0.5) is 29.3 Å². The Morgan fingerprint density at radius 1 is 0.914 bits per heavy atom. The third kappa shape index (κ3) is 6.24. The number of nitrogens with zero attached hydrogens (tertiary/aromatic N) is 2. The van der Waals surface area contributed by atoms with E-state index in [2.05, 4.69) is 9.46 Å². The first-order valence-corrected chi connectivity index (χ1v) is 12.2. The lowest BCUT2D eigenvalue weighted by Crippen LogP contribution is -2.49. The summed E-state index contributed by atoms with van der Waals surface area (Å²) in [6.45, 7) is 0.951. The smallest absolute Gasteiger partial charge is 0.406 e. The Labute approximate surface area is 200 Å². The van der Waals surface area contributed by atoms with Crippen molar-refractivity contribution < 1.29 is 31.1 Å². The fourth-order valence-corrected chi connectivity index (χ4v) is 4.85. The number of carbonyl (C=O) groups excluding carboxylic acids is 1. The molecule has 1 fully saturated rings. The van der Waals surface area contributed by atoms with Crippen LogP contribution in [0.2, 0.25) is 0 Å². The highest BCUT2D eigenvalue weighted by Gasteiger charge is 2.31. The van der Waals surface area contributed by atoms with Crippen molar-refractivity contribution in [3.05, 3.63) is 84.4 Å². The summed E-state index contributed by atoms with van der Waals surface area (Å²) in [6, 6.07) is 19.6. The predicted octanol–water partition coefficient (Wildman–Crippen LogP) is 5.22. The van der Waals surface area contributed by atoms with E-state index in [1.807, 2.05) is 0 Å². The van der Waals surface area contributed by atoms with Gasteiger partial charge in [0.15, 0.2) is 0 Å². The number of carbonyl (C=O) groups is 1. The van der Waals surface area contributed by atoms with Crippen molar-refractivity contribution in [2.75, 3.05) is 22.7 Å². The van der Waals surface area contributed by atoms with E-state index in [9.17, 15) is 26.4 Å². The van der Waals surface area contributed by atoms with E-state index in [-0.39, 0.29) is 23.2 Å². The van der Waals surface area contributed by atoms with Crippen LogP contribution in [0.15, 0.2) is 83.8 Å². The van der Waals surface area contributed by atoms with Gasteiger partial charge in [-0.1, -0.05) is 36.4 Å². The molecule has 0 radical (unpaired) electrons. The second kappa shape index (κ2) is 9.87. The fraction of sp³-hybridized carbons (Fsp3) is 0.208. The maximum Gasteiger partial charge on any atom is 0.573 e. The molecule has 3 aromatic rings. The molecule has 0 aliphatic carbocycles. The van der Waals surface area contributed by atoms with Crippen LogP contribution in [-0.2, 0) is 16.6 Å². The van der Waals surface area contributed by atoms with Crippen LogP contribution in [0.3, 0.4) is 0 Å². The lowest BCUT2D eigenvalue weighted by atomic mass is 10.1.